The summed E-state index contributed by atoms with van der Waals surface area (Å²) < 4.78 is 13.9. The molecular formula is C13H19FN2S. The predicted octanol–water partition coefficient (Wildman–Crippen LogP) is 2.62. The van der Waals surface area contributed by atoms with E-state index < -0.39 is 0 Å². The molecule has 17 heavy (non-hydrogen) atoms. The second kappa shape index (κ2) is 5.74. The standard InChI is InChI=1S/C13H19FN2S/c1-2-11-9-16(5-6-17-11)13-4-3-10(8-15)7-12(13)14/h3-4,7,11H,2,5-6,8-9,15H2,1H3. The molecular weight excluding hydrogens is 235 g/mol. The molecule has 1 unspecified atom stereocenters. The number of benzene rings is 1. The highest BCUT2D eigenvalue weighted by Gasteiger charge is 2.21. The van der Waals surface area contributed by atoms with Crippen molar-refractivity contribution in [3.8, 4) is 0 Å². The summed E-state index contributed by atoms with van der Waals surface area (Å²) in [6, 6.07) is 5.33. The third kappa shape index (κ3) is 2.93. The summed E-state index contributed by atoms with van der Waals surface area (Å²) in [4.78, 5) is 2.15. The van der Waals surface area contributed by atoms with Crippen LogP contribution in [-0.4, -0.2) is 24.1 Å². The summed E-state index contributed by atoms with van der Waals surface area (Å²) in [7, 11) is 0. The Hall–Kier alpha value is -0.740. The van der Waals surface area contributed by atoms with E-state index in [0.717, 1.165) is 36.5 Å². The zero-order valence-corrected chi connectivity index (χ0v) is 11.0. The fraction of sp³-hybridized carbons (Fsp3) is 0.538. The molecule has 1 aliphatic heterocycles. The number of nitrogens with two attached hydrogens (primary N) is 1. The van der Waals surface area contributed by atoms with Crippen LogP contribution >= 0.6 is 11.8 Å². The van der Waals surface area contributed by atoms with Gasteiger partial charge in [-0.25, -0.2) is 4.39 Å². The molecule has 0 spiro atoms. The third-order valence-corrected chi connectivity index (χ3v) is 4.55. The maximum Gasteiger partial charge on any atom is 0.146 e. The first kappa shape index (κ1) is 12.7. The van der Waals surface area contributed by atoms with Crippen molar-refractivity contribution in [1.82, 2.24) is 0 Å². The van der Waals surface area contributed by atoms with Crippen molar-refractivity contribution >= 4 is 17.4 Å². The van der Waals surface area contributed by atoms with Gasteiger partial charge >= 0.3 is 0 Å². The lowest BCUT2D eigenvalue weighted by Crippen LogP contribution is -2.38. The van der Waals surface area contributed by atoms with Crippen molar-refractivity contribution in [3.63, 3.8) is 0 Å². The van der Waals surface area contributed by atoms with Crippen LogP contribution in [0.3, 0.4) is 0 Å². The molecule has 1 aliphatic rings. The van der Waals surface area contributed by atoms with E-state index in [0.29, 0.717) is 11.8 Å². The minimum Gasteiger partial charge on any atom is -0.367 e. The van der Waals surface area contributed by atoms with Crippen LogP contribution in [0.15, 0.2) is 18.2 Å². The Balaban J connectivity index is 2.16. The maximum absolute atomic E-state index is 13.9. The van der Waals surface area contributed by atoms with Gasteiger partial charge in [-0.3, -0.25) is 0 Å². The summed E-state index contributed by atoms with van der Waals surface area (Å²) >= 11 is 1.99. The van der Waals surface area contributed by atoms with Crippen molar-refractivity contribution in [2.24, 2.45) is 5.73 Å². The van der Waals surface area contributed by atoms with Gasteiger partial charge in [-0.05, 0) is 24.1 Å². The van der Waals surface area contributed by atoms with E-state index in [-0.39, 0.29) is 5.82 Å². The van der Waals surface area contributed by atoms with Crippen molar-refractivity contribution in [2.75, 3.05) is 23.7 Å². The Labute approximate surface area is 106 Å². The molecule has 1 saturated heterocycles. The average molecular weight is 254 g/mol. The van der Waals surface area contributed by atoms with Crippen LogP contribution in [0.2, 0.25) is 0 Å². The first-order valence-corrected chi connectivity index (χ1v) is 7.14. The van der Waals surface area contributed by atoms with Gasteiger partial charge in [0.25, 0.3) is 0 Å². The van der Waals surface area contributed by atoms with E-state index in [9.17, 15) is 4.39 Å². The third-order valence-electron chi connectivity index (χ3n) is 3.18. The second-order valence-corrected chi connectivity index (χ2v) is 5.75. The van der Waals surface area contributed by atoms with Gasteiger partial charge in [0, 0.05) is 30.6 Å². The number of rotatable bonds is 3. The number of hydrogen-bond acceptors (Lipinski definition) is 3. The van der Waals surface area contributed by atoms with Crippen LogP contribution in [0.1, 0.15) is 18.9 Å². The molecule has 1 aromatic rings. The Morgan fingerprint density at radius 2 is 2.35 bits per heavy atom. The summed E-state index contributed by atoms with van der Waals surface area (Å²) in [6.45, 7) is 4.46. The summed E-state index contributed by atoms with van der Waals surface area (Å²) in [5.41, 5.74) is 7.08. The monoisotopic (exact) mass is 254 g/mol. The minimum absolute atomic E-state index is 0.144. The predicted molar refractivity (Wildman–Crippen MR) is 73.0 cm³/mol. The molecule has 0 saturated carbocycles. The quantitative estimate of drug-likeness (QED) is 0.899. The summed E-state index contributed by atoms with van der Waals surface area (Å²) in [6.07, 6.45) is 1.14. The van der Waals surface area contributed by atoms with Crippen LogP contribution in [0, 0.1) is 5.82 Å². The van der Waals surface area contributed by atoms with Gasteiger partial charge in [0.2, 0.25) is 0 Å². The first-order valence-electron chi connectivity index (χ1n) is 6.09. The fourth-order valence-electron chi connectivity index (χ4n) is 2.12. The molecule has 0 aromatic heterocycles. The normalized spacial score (nSPS) is 20.6. The van der Waals surface area contributed by atoms with E-state index >= 15 is 0 Å². The first-order chi connectivity index (χ1) is 8.24. The molecule has 1 fully saturated rings. The van der Waals surface area contributed by atoms with Crippen molar-refractivity contribution in [2.45, 2.75) is 25.1 Å². The Kier molecular flexibility index (Phi) is 4.29. The molecule has 4 heteroatoms. The number of thioether (sulfide) groups is 1. The second-order valence-electron chi connectivity index (χ2n) is 4.34. The lowest BCUT2D eigenvalue weighted by atomic mass is 10.1. The van der Waals surface area contributed by atoms with Crippen LogP contribution < -0.4 is 10.6 Å². The highest BCUT2D eigenvalue weighted by molar-refractivity contribution is 8.00. The van der Waals surface area contributed by atoms with Gasteiger partial charge in [-0.2, -0.15) is 11.8 Å². The van der Waals surface area contributed by atoms with Crippen LogP contribution in [-0.2, 0) is 6.54 Å². The van der Waals surface area contributed by atoms with Crippen molar-refractivity contribution in [1.29, 1.82) is 0 Å². The van der Waals surface area contributed by atoms with Gasteiger partial charge in [-0.1, -0.05) is 13.0 Å². The molecule has 0 amide bonds. The summed E-state index contributed by atoms with van der Waals surface area (Å²) in [5.74, 6) is 0.936. The molecule has 2 rings (SSSR count). The number of anilines is 1. The largest absolute Gasteiger partial charge is 0.367 e. The Morgan fingerprint density at radius 3 is 3.00 bits per heavy atom. The highest BCUT2D eigenvalue weighted by Crippen LogP contribution is 2.27. The SMILES string of the molecule is CCC1CN(c2ccc(CN)cc2F)CCS1. The molecule has 1 aromatic carbocycles. The Morgan fingerprint density at radius 1 is 1.53 bits per heavy atom. The number of hydrogen-bond donors (Lipinski definition) is 1. The molecule has 2 N–H and O–H groups in total. The van der Waals surface area contributed by atoms with E-state index in [2.05, 4.69) is 11.8 Å². The fourth-order valence-corrected chi connectivity index (χ4v) is 3.30. The minimum atomic E-state index is -0.144. The lowest BCUT2D eigenvalue weighted by molar-refractivity contribution is 0.611. The van der Waals surface area contributed by atoms with E-state index in [1.807, 2.05) is 23.9 Å². The molecule has 0 bridgehead atoms. The van der Waals surface area contributed by atoms with E-state index in [1.54, 1.807) is 6.07 Å². The maximum atomic E-state index is 13.9. The zero-order valence-electron chi connectivity index (χ0n) is 10.2. The smallest absolute Gasteiger partial charge is 0.146 e. The number of halogens is 1. The molecule has 1 atom stereocenters. The van der Waals surface area contributed by atoms with Gasteiger partial charge in [0.05, 0.1) is 5.69 Å². The Bertz CT molecular complexity index is 384. The van der Waals surface area contributed by atoms with Crippen molar-refractivity contribution < 1.29 is 4.39 Å². The molecule has 1 heterocycles. The van der Waals surface area contributed by atoms with Gasteiger partial charge in [0.1, 0.15) is 5.82 Å². The molecule has 0 radical (unpaired) electrons. The highest BCUT2D eigenvalue weighted by atomic mass is 32.2. The molecule has 94 valence electrons. The van der Waals surface area contributed by atoms with Crippen LogP contribution in [0.4, 0.5) is 10.1 Å². The zero-order chi connectivity index (χ0) is 12.3. The van der Waals surface area contributed by atoms with Gasteiger partial charge < -0.3 is 10.6 Å². The number of nitrogens with zero attached hydrogens (tertiary/aromatic N) is 1. The van der Waals surface area contributed by atoms with Crippen LogP contribution in [0.25, 0.3) is 0 Å². The topological polar surface area (TPSA) is 29.3 Å². The van der Waals surface area contributed by atoms with Crippen LogP contribution in [0.5, 0.6) is 0 Å². The molecule has 2 nitrogen and oxygen atoms in total. The van der Waals surface area contributed by atoms with E-state index in [1.165, 1.54) is 0 Å². The average Bonchev–Trinajstić information content (AvgIpc) is 2.38. The van der Waals surface area contributed by atoms with Gasteiger partial charge in [0.15, 0.2) is 0 Å². The van der Waals surface area contributed by atoms with Crippen molar-refractivity contribution in [3.05, 3.63) is 29.6 Å². The van der Waals surface area contributed by atoms with E-state index in [4.69, 9.17) is 5.73 Å². The molecule has 0 aliphatic carbocycles. The van der Waals surface area contributed by atoms with Gasteiger partial charge in [-0.15, -0.1) is 0 Å². The lowest BCUT2D eigenvalue weighted by Gasteiger charge is -2.33. The summed E-state index contributed by atoms with van der Waals surface area (Å²) in [5, 5.41) is 0.623.